The number of aromatic nitrogens is 1. The number of carboxylic acids is 1. The van der Waals surface area contributed by atoms with Gasteiger partial charge in [0.1, 0.15) is 0 Å². The fourth-order valence-corrected chi connectivity index (χ4v) is 2.00. The quantitative estimate of drug-likeness (QED) is 0.844. The van der Waals surface area contributed by atoms with Crippen LogP contribution in [0.2, 0.25) is 5.02 Å². The molecule has 1 N–H and O–H groups in total. The lowest BCUT2D eigenvalue weighted by atomic mass is 10.1. The Morgan fingerprint density at radius 1 is 1.53 bits per heavy atom. The molecule has 1 aromatic heterocycles. The molecule has 0 saturated carbocycles. The average Bonchev–Trinajstić information content (AvgIpc) is 2.15. The molecule has 0 spiro atoms. The van der Waals surface area contributed by atoms with Crippen LogP contribution in [-0.2, 0) is 0 Å². The molecule has 0 aromatic carbocycles. The minimum atomic E-state index is -1.08. The van der Waals surface area contributed by atoms with Crippen LogP contribution in [-0.4, -0.2) is 27.8 Å². The smallest absolute Gasteiger partial charge is 0.338 e. The third kappa shape index (κ3) is 3.03. The molecule has 0 aliphatic carbocycles. The second-order valence-corrected chi connectivity index (χ2v) is 4.44. The fraction of sp³-hybridized carbons (Fsp3) is 0.417. The molecule has 0 radical (unpaired) electrons. The van der Waals surface area contributed by atoms with Crippen molar-refractivity contribution in [2.24, 2.45) is 4.99 Å². The Bertz CT molecular complexity index is 482. The summed E-state index contributed by atoms with van der Waals surface area (Å²) >= 11 is 6.09. The van der Waals surface area contributed by atoms with Gasteiger partial charge in [0.05, 0.1) is 10.6 Å². The van der Waals surface area contributed by atoms with Crippen molar-refractivity contribution >= 4 is 23.3 Å². The van der Waals surface area contributed by atoms with Crippen LogP contribution in [0.4, 0.5) is 0 Å². The van der Waals surface area contributed by atoms with Crippen molar-refractivity contribution in [2.45, 2.75) is 33.7 Å². The molecule has 17 heavy (non-hydrogen) atoms. The standard InChI is InChI=1S/C12H15ClN2O2/c1-6(2)15-8(4)10-7(3)14-5-9(11(10)13)12(16)17/h5-6H,1-4H3,(H,16,17). The minimum Gasteiger partial charge on any atom is -0.478 e. The molecular weight excluding hydrogens is 240 g/mol. The first-order chi connectivity index (χ1) is 7.84. The van der Waals surface area contributed by atoms with Crippen molar-refractivity contribution in [3.63, 3.8) is 0 Å². The van der Waals surface area contributed by atoms with E-state index < -0.39 is 5.97 Å². The van der Waals surface area contributed by atoms with E-state index in [4.69, 9.17) is 16.7 Å². The first-order valence-corrected chi connectivity index (χ1v) is 5.65. The van der Waals surface area contributed by atoms with Gasteiger partial charge in [-0.05, 0) is 27.7 Å². The Hall–Kier alpha value is -1.42. The second-order valence-electron chi connectivity index (χ2n) is 4.06. The summed E-state index contributed by atoms with van der Waals surface area (Å²) in [6.07, 6.45) is 1.27. The van der Waals surface area contributed by atoms with Crippen molar-refractivity contribution in [3.05, 3.63) is 28.0 Å². The van der Waals surface area contributed by atoms with E-state index in [1.54, 1.807) is 6.92 Å². The van der Waals surface area contributed by atoms with Crippen molar-refractivity contribution in [1.82, 2.24) is 4.98 Å². The number of aryl methyl sites for hydroxylation is 1. The summed E-state index contributed by atoms with van der Waals surface area (Å²) in [5.74, 6) is -1.08. The Labute approximate surface area is 105 Å². The lowest BCUT2D eigenvalue weighted by Gasteiger charge is -2.10. The molecular formula is C12H15ClN2O2. The third-order valence-electron chi connectivity index (χ3n) is 2.25. The third-order valence-corrected chi connectivity index (χ3v) is 2.64. The fourth-order valence-electron chi connectivity index (χ4n) is 1.60. The van der Waals surface area contributed by atoms with Crippen molar-refractivity contribution in [2.75, 3.05) is 0 Å². The van der Waals surface area contributed by atoms with Crippen LogP contribution in [0.3, 0.4) is 0 Å². The number of pyridine rings is 1. The lowest BCUT2D eigenvalue weighted by Crippen LogP contribution is -2.09. The van der Waals surface area contributed by atoms with Crippen molar-refractivity contribution in [3.8, 4) is 0 Å². The highest BCUT2D eigenvalue weighted by Gasteiger charge is 2.17. The summed E-state index contributed by atoms with van der Waals surface area (Å²) in [5.41, 5.74) is 2.01. The van der Waals surface area contributed by atoms with Gasteiger partial charge in [-0.15, -0.1) is 0 Å². The number of nitrogens with zero attached hydrogens (tertiary/aromatic N) is 2. The van der Waals surface area contributed by atoms with Crippen LogP contribution in [0.25, 0.3) is 0 Å². The molecule has 1 aromatic rings. The Balaban J connectivity index is 3.42. The summed E-state index contributed by atoms with van der Waals surface area (Å²) < 4.78 is 0. The van der Waals surface area contributed by atoms with Gasteiger partial charge in [0.25, 0.3) is 0 Å². The van der Waals surface area contributed by atoms with Crippen LogP contribution >= 0.6 is 11.6 Å². The number of hydrogen-bond acceptors (Lipinski definition) is 3. The maximum Gasteiger partial charge on any atom is 0.338 e. The topological polar surface area (TPSA) is 62.5 Å². The zero-order valence-corrected chi connectivity index (χ0v) is 11.0. The van der Waals surface area contributed by atoms with Gasteiger partial charge < -0.3 is 5.11 Å². The maximum absolute atomic E-state index is 11.0. The van der Waals surface area contributed by atoms with E-state index in [1.807, 2.05) is 20.8 Å². The molecule has 0 aliphatic rings. The molecule has 0 unspecified atom stereocenters. The zero-order chi connectivity index (χ0) is 13.2. The molecule has 92 valence electrons. The number of rotatable bonds is 3. The monoisotopic (exact) mass is 254 g/mol. The van der Waals surface area contributed by atoms with Gasteiger partial charge in [-0.1, -0.05) is 11.6 Å². The zero-order valence-electron chi connectivity index (χ0n) is 10.3. The van der Waals surface area contributed by atoms with E-state index in [-0.39, 0.29) is 16.6 Å². The van der Waals surface area contributed by atoms with Gasteiger partial charge in [-0.25, -0.2) is 4.79 Å². The molecule has 0 saturated heterocycles. The maximum atomic E-state index is 11.0. The van der Waals surface area contributed by atoms with E-state index in [0.29, 0.717) is 17.0 Å². The number of aliphatic imine (C=N–C) groups is 1. The van der Waals surface area contributed by atoms with Gasteiger partial charge in [-0.3, -0.25) is 9.98 Å². The number of halogens is 1. The van der Waals surface area contributed by atoms with Crippen molar-refractivity contribution in [1.29, 1.82) is 0 Å². The highest BCUT2D eigenvalue weighted by molar-refractivity contribution is 6.37. The summed E-state index contributed by atoms with van der Waals surface area (Å²) in [7, 11) is 0. The Morgan fingerprint density at radius 3 is 2.59 bits per heavy atom. The molecule has 1 rings (SSSR count). The number of hydrogen-bond donors (Lipinski definition) is 1. The van der Waals surface area contributed by atoms with Crippen LogP contribution in [0, 0.1) is 6.92 Å². The highest BCUT2D eigenvalue weighted by atomic mass is 35.5. The van der Waals surface area contributed by atoms with E-state index >= 15 is 0 Å². The predicted molar refractivity (Wildman–Crippen MR) is 68.3 cm³/mol. The van der Waals surface area contributed by atoms with E-state index in [1.165, 1.54) is 6.20 Å². The molecule has 0 bridgehead atoms. The largest absolute Gasteiger partial charge is 0.478 e. The molecule has 5 heteroatoms. The van der Waals surface area contributed by atoms with Gasteiger partial charge in [0, 0.05) is 29.2 Å². The first-order valence-electron chi connectivity index (χ1n) is 5.27. The number of carbonyl (C=O) groups is 1. The predicted octanol–water partition coefficient (Wildman–Crippen LogP) is 2.96. The molecule has 0 amide bonds. The van der Waals surface area contributed by atoms with Crippen LogP contribution in [0.5, 0.6) is 0 Å². The molecule has 4 nitrogen and oxygen atoms in total. The molecule has 0 aliphatic heterocycles. The molecule has 0 atom stereocenters. The van der Waals surface area contributed by atoms with Crippen molar-refractivity contribution < 1.29 is 9.90 Å². The number of carboxylic acid groups (broad SMARTS) is 1. The van der Waals surface area contributed by atoms with E-state index in [0.717, 1.165) is 0 Å². The van der Waals surface area contributed by atoms with E-state index in [9.17, 15) is 4.79 Å². The van der Waals surface area contributed by atoms with Gasteiger partial charge in [0.15, 0.2) is 0 Å². The Morgan fingerprint density at radius 2 is 2.12 bits per heavy atom. The van der Waals surface area contributed by atoms with Crippen LogP contribution < -0.4 is 0 Å². The molecule has 0 fully saturated rings. The molecule has 1 heterocycles. The minimum absolute atomic E-state index is 0.00516. The summed E-state index contributed by atoms with van der Waals surface area (Å²) in [6.45, 7) is 7.48. The summed E-state index contributed by atoms with van der Waals surface area (Å²) in [4.78, 5) is 19.4. The van der Waals surface area contributed by atoms with Crippen LogP contribution in [0.1, 0.15) is 42.4 Å². The second kappa shape index (κ2) is 5.27. The SMILES string of the molecule is CC(=NC(C)C)c1c(C)ncc(C(=O)O)c1Cl. The summed E-state index contributed by atoms with van der Waals surface area (Å²) in [6, 6.07) is 0.124. The number of aromatic carboxylic acids is 1. The highest BCUT2D eigenvalue weighted by Crippen LogP contribution is 2.24. The first kappa shape index (κ1) is 13.6. The normalized spacial score (nSPS) is 12.0. The van der Waals surface area contributed by atoms with E-state index in [2.05, 4.69) is 9.98 Å². The average molecular weight is 255 g/mol. The van der Waals surface area contributed by atoms with Crippen LogP contribution in [0.15, 0.2) is 11.2 Å². The van der Waals surface area contributed by atoms with Gasteiger partial charge in [0.2, 0.25) is 0 Å². The van der Waals surface area contributed by atoms with Gasteiger partial charge in [-0.2, -0.15) is 0 Å². The summed E-state index contributed by atoms with van der Waals surface area (Å²) in [5, 5.41) is 9.18. The van der Waals surface area contributed by atoms with Gasteiger partial charge >= 0.3 is 5.97 Å². The lowest BCUT2D eigenvalue weighted by molar-refractivity contribution is 0.0696. The Kier molecular flexibility index (Phi) is 4.23.